The molecule has 1 heterocycles. The second-order valence-corrected chi connectivity index (χ2v) is 7.63. The van der Waals surface area contributed by atoms with Crippen molar-refractivity contribution in [1.29, 1.82) is 0 Å². The molecule has 0 aromatic heterocycles. The summed E-state index contributed by atoms with van der Waals surface area (Å²) in [6.07, 6.45) is 2.53. The van der Waals surface area contributed by atoms with Gasteiger partial charge in [0.2, 0.25) is 0 Å². The molecule has 1 atom stereocenters. The maximum absolute atomic E-state index is 13.9. The van der Waals surface area contributed by atoms with Gasteiger partial charge in [-0.3, -0.25) is 0 Å². The summed E-state index contributed by atoms with van der Waals surface area (Å²) in [7, 11) is 1.58. The first-order valence-electron chi connectivity index (χ1n) is 8.83. The molecule has 0 bridgehead atoms. The summed E-state index contributed by atoms with van der Waals surface area (Å²) in [5, 5.41) is 3.74. The van der Waals surface area contributed by atoms with Crippen LogP contribution in [0.15, 0.2) is 34.8 Å². The van der Waals surface area contributed by atoms with E-state index in [4.69, 9.17) is 25.8 Å². The quantitative estimate of drug-likeness (QED) is 0.597. The van der Waals surface area contributed by atoms with Gasteiger partial charge in [0, 0.05) is 25.3 Å². The van der Waals surface area contributed by atoms with Crippen LogP contribution in [0.4, 0.5) is 4.39 Å². The molecular formula is C20H22BrClFNO3. The van der Waals surface area contributed by atoms with Crippen molar-refractivity contribution in [3.05, 3.63) is 56.8 Å². The van der Waals surface area contributed by atoms with Gasteiger partial charge < -0.3 is 19.5 Å². The molecule has 0 saturated carbocycles. The molecule has 0 spiro atoms. The Bertz CT molecular complexity index is 764. The molecule has 7 heteroatoms. The SMILES string of the molecule is COc1cc(CNC[C@H]2CCCO2)cc(Br)c1OCc1c(F)cccc1Cl. The summed E-state index contributed by atoms with van der Waals surface area (Å²) < 4.78 is 31.6. The predicted octanol–water partition coefficient (Wildman–Crippen LogP) is 5.10. The Kier molecular flexibility index (Phi) is 7.35. The number of hydrogen-bond acceptors (Lipinski definition) is 4. The number of halogens is 3. The topological polar surface area (TPSA) is 39.7 Å². The highest BCUT2D eigenvalue weighted by atomic mass is 79.9. The van der Waals surface area contributed by atoms with Crippen LogP contribution >= 0.6 is 27.5 Å². The maximum atomic E-state index is 13.9. The van der Waals surface area contributed by atoms with E-state index in [1.807, 2.05) is 12.1 Å². The highest BCUT2D eigenvalue weighted by Gasteiger charge is 2.16. The maximum Gasteiger partial charge on any atom is 0.175 e. The van der Waals surface area contributed by atoms with E-state index in [1.54, 1.807) is 19.2 Å². The lowest BCUT2D eigenvalue weighted by Crippen LogP contribution is -2.25. The second-order valence-electron chi connectivity index (χ2n) is 6.36. The van der Waals surface area contributed by atoms with Crippen LogP contribution < -0.4 is 14.8 Å². The molecule has 0 unspecified atom stereocenters. The van der Waals surface area contributed by atoms with E-state index in [1.165, 1.54) is 6.07 Å². The van der Waals surface area contributed by atoms with Crippen molar-refractivity contribution < 1.29 is 18.6 Å². The first-order valence-corrected chi connectivity index (χ1v) is 10.00. The fourth-order valence-electron chi connectivity index (χ4n) is 3.01. The molecule has 0 radical (unpaired) electrons. The van der Waals surface area contributed by atoms with Crippen LogP contribution in [0.3, 0.4) is 0 Å². The summed E-state index contributed by atoms with van der Waals surface area (Å²) in [5.41, 5.74) is 1.36. The third-order valence-electron chi connectivity index (χ3n) is 4.44. The summed E-state index contributed by atoms with van der Waals surface area (Å²) in [5.74, 6) is 0.693. The number of benzene rings is 2. The molecule has 4 nitrogen and oxygen atoms in total. The molecule has 2 aromatic rings. The van der Waals surface area contributed by atoms with Crippen molar-refractivity contribution in [2.75, 3.05) is 20.3 Å². The van der Waals surface area contributed by atoms with Gasteiger partial charge in [0.05, 0.1) is 22.7 Å². The lowest BCUT2D eigenvalue weighted by atomic mass is 10.2. The number of hydrogen-bond donors (Lipinski definition) is 1. The Morgan fingerprint density at radius 3 is 2.93 bits per heavy atom. The Morgan fingerprint density at radius 2 is 2.22 bits per heavy atom. The first kappa shape index (κ1) is 20.4. The highest BCUT2D eigenvalue weighted by Crippen LogP contribution is 2.37. The van der Waals surface area contributed by atoms with Crippen LogP contribution in [0.25, 0.3) is 0 Å². The first-order chi connectivity index (χ1) is 13.1. The molecule has 27 heavy (non-hydrogen) atoms. The zero-order valence-corrected chi connectivity index (χ0v) is 17.4. The Hall–Kier alpha value is -1.34. The Morgan fingerprint density at radius 1 is 1.37 bits per heavy atom. The van der Waals surface area contributed by atoms with Gasteiger partial charge in [0.1, 0.15) is 12.4 Å². The van der Waals surface area contributed by atoms with E-state index in [9.17, 15) is 4.39 Å². The zero-order chi connectivity index (χ0) is 19.2. The molecule has 1 saturated heterocycles. The van der Waals surface area contributed by atoms with Crippen molar-refractivity contribution >= 4 is 27.5 Å². The van der Waals surface area contributed by atoms with Crippen molar-refractivity contribution in [1.82, 2.24) is 5.32 Å². The third-order valence-corrected chi connectivity index (χ3v) is 5.38. The second kappa shape index (κ2) is 9.73. The van der Waals surface area contributed by atoms with Crippen molar-refractivity contribution in [2.45, 2.75) is 32.1 Å². The summed E-state index contributed by atoms with van der Waals surface area (Å²) >= 11 is 9.59. The predicted molar refractivity (Wildman–Crippen MR) is 107 cm³/mol. The lowest BCUT2D eigenvalue weighted by Gasteiger charge is -2.16. The van der Waals surface area contributed by atoms with Gasteiger partial charge >= 0.3 is 0 Å². The van der Waals surface area contributed by atoms with E-state index < -0.39 is 5.82 Å². The van der Waals surface area contributed by atoms with Crippen molar-refractivity contribution in [3.63, 3.8) is 0 Å². The van der Waals surface area contributed by atoms with Gasteiger partial charge in [0.15, 0.2) is 11.5 Å². The fraction of sp³-hybridized carbons (Fsp3) is 0.400. The summed E-state index contributed by atoms with van der Waals surface area (Å²) in [4.78, 5) is 0. The van der Waals surface area contributed by atoms with Gasteiger partial charge in [-0.15, -0.1) is 0 Å². The van der Waals surface area contributed by atoms with E-state index in [0.29, 0.717) is 34.7 Å². The minimum atomic E-state index is -0.396. The lowest BCUT2D eigenvalue weighted by molar-refractivity contribution is 0.110. The Balaban J connectivity index is 1.66. The number of ether oxygens (including phenoxy) is 3. The van der Waals surface area contributed by atoms with Gasteiger partial charge in [-0.25, -0.2) is 4.39 Å². The molecule has 1 aliphatic heterocycles. The monoisotopic (exact) mass is 457 g/mol. The fourth-order valence-corrected chi connectivity index (χ4v) is 3.83. The van der Waals surface area contributed by atoms with Crippen molar-refractivity contribution in [3.8, 4) is 11.5 Å². The van der Waals surface area contributed by atoms with Crippen molar-refractivity contribution in [2.24, 2.45) is 0 Å². The zero-order valence-electron chi connectivity index (χ0n) is 15.1. The molecule has 146 valence electrons. The molecule has 3 rings (SSSR count). The normalized spacial score (nSPS) is 16.5. The summed E-state index contributed by atoms with van der Waals surface area (Å²) in [6, 6.07) is 8.43. The van der Waals surface area contributed by atoms with E-state index >= 15 is 0 Å². The van der Waals surface area contributed by atoms with Crippen LogP contribution in [0.5, 0.6) is 11.5 Å². The van der Waals surface area contributed by atoms with Gasteiger partial charge in [-0.05, 0) is 58.6 Å². The van der Waals surface area contributed by atoms with E-state index in [-0.39, 0.29) is 6.61 Å². The Labute approximate surface area is 172 Å². The average molecular weight is 459 g/mol. The van der Waals surface area contributed by atoms with Crippen LogP contribution in [-0.2, 0) is 17.9 Å². The molecule has 0 amide bonds. The third kappa shape index (κ3) is 5.35. The van der Waals surface area contributed by atoms with E-state index in [2.05, 4.69) is 21.2 Å². The minimum absolute atomic E-state index is 0.0110. The van der Waals surface area contributed by atoms with E-state index in [0.717, 1.165) is 36.0 Å². The highest BCUT2D eigenvalue weighted by molar-refractivity contribution is 9.10. The number of nitrogens with one attached hydrogen (secondary N) is 1. The number of methoxy groups -OCH3 is 1. The molecule has 0 aliphatic carbocycles. The summed E-state index contributed by atoms with van der Waals surface area (Å²) in [6.45, 7) is 2.37. The standard InChI is InChI=1S/C20H22BrClFNO3/c1-25-19-9-13(10-24-11-14-4-3-7-26-14)8-16(21)20(19)27-12-15-17(22)5-2-6-18(15)23/h2,5-6,8-9,14,24H,3-4,7,10-12H2,1H3/t14-/m1/s1. The molecular weight excluding hydrogens is 437 g/mol. The molecule has 2 aromatic carbocycles. The van der Waals surface area contributed by atoms with Crippen LogP contribution in [-0.4, -0.2) is 26.4 Å². The minimum Gasteiger partial charge on any atom is -0.493 e. The van der Waals surface area contributed by atoms with Crippen LogP contribution in [0.2, 0.25) is 5.02 Å². The molecule has 1 fully saturated rings. The molecule has 1 aliphatic rings. The van der Waals surface area contributed by atoms with Gasteiger partial charge in [-0.2, -0.15) is 0 Å². The van der Waals surface area contributed by atoms with Crippen LogP contribution in [0.1, 0.15) is 24.0 Å². The largest absolute Gasteiger partial charge is 0.493 e. The number of rotatable bonds is 8. The van der Waals surface area contributed by atoms with Gasteiger partial charge in [-0.1, -0.05) is 17.7 Å². The molecule has 1 N–H and O–H groups in total. The van der Waals surface area contributed by atoms with Crippen LogP contribution in [0, 0.1) is 5.82 Å². The van der Waals surface area contributed by atoms with Gasteiger partial charge in [0.25, 0.3) is 0 Å². The smallest absolute Gasteiger partial charge is 0.175 e. The average Bonchev–Trinajstić information content (AvgIpc) is 3.15.